The molecule has 75 heavy (non-hydrogen) atoms. The van der Waals surface area contributed by atoms with E-state index in [-0.39, 0.29) is 30.7 Å². The molecule has 0 spiro atoms. The summed E-state index contributed by atoms with van der Waals surface area (Å²) in [6.07, 6.45) is 61.9. The van der Waals surface area contributed by atoms with Crippen molar-refractivity contribution in [2.24, 2.45) is 0 Å². The van der Waals surface area contributed by atoms with Gasteiger partial charge in [-0.25, -0.2) is 0 Å². The number of rotatable bonds is 63. The largest absolute Gasteiger partial charge is 0.481 e. The topological polar surface area (TPSA) is 136 Å². The average molecular weight is 1060 g/mol. The lowest BCUT2D eigenvalue weighted by Gasteiger charge is -2.21. The van der Waals surface area contributed by atoms with Crippen LogP contribution in [0.1, 0.15) is 380 Å². The van der Waals surface area contributed by atoms with Gasteiger partial charge in [-0.15, -0.1) is 0 Å². The third-order valence-electron chi connectivity index (χ3n) is 15.4. The number of carbonyl (C=O) groups is 4. The molecule has 0 aliphatic heterocycles. The molecule has 0 saturated carbocycles. The number of hydrogen-bond donors (Lipinski definition) is 2. The van der Waals surface area contributed by atoms with Crippen molar-refractivity contribution in [1.82, 2.24) is 0 Å². The Morgan fingerprint density at radius 3 is 0.840 bits per heavy atom. The van der Waals surface area contributed by atoms with Crippen molar-refractivity contribution in [1.29, 1.82) is 0 Å². The highest BCUT2D eigenvalue weighted by molar-refractivity contribution is 5.71. The first-order valence-corrected chi connectivity index (χ1v) is 33.2. The van der Waals surface area contributed by atoms with Crippen LogP contribution in [-0.2, 0) is 33.4 Å². The maximum absolute atomic E-state index is 12.9. The van der Waals surface area contributed by atoms with Crippen LogP contribution in [0.25, 0.3) is 0 Å². The van der Waals surface area contributed by atoms with E-state index in [1.165, 1.54) is 225 Å². The first-order chi connectivity index (χ1) is 36.8. The molecule has 2 unspecified atom stereocenters. The molecule has 0 heterocycles. The molecule has 0 aromatic rings. The number of carbonyl (C=O) groups excluding carboxylic acids is 3. The number of carboxylic acids is 1. The van der Waals surface area contributed by atoms with Crippen LogP contribution in [0.5, 0.6) is 0 Å². The summed E-state index contributed by atoms with van der Waals surface area (Å²) < 4.78 is 16.9. The van der Waals surface area contributed by atoms with Crippen LogP contribution in [0.2, 0.25) is 0 Å². The van der Waals surface area contributed by atoms with Crippen molar-refractivity contribution in [3.63, 3.8) is 0 Å². The normalized spacial score (nSPS) is 12.3. The Bertz CT molecular complexity index is 1210. The Balaban J connectivity index is 4.14. The molecule has 0 bridgehead atoms. The molecular formula is C66H126O9. The minimum atomic E-state index is -1.03. The lowest BCUT2D eigenvalue weighted by molar-refractivity contribution is -0.192. The van der Waals surface area contributed by atoms with E-state index in [2.05, 4.69) is 13.8 Å². The van der Waals surface area contributed by atoms with E-state index in [0.29, 0.717) is 32.3 Å². The Hall–Kier alpha value is -2.16. The van der Waals surface area contributed by atoms with Gasteiger partial charge >= 0.3 is 23.9 Å². The standard InChI is InChI=1S/C66H126O9/c1-3-5-7-9-11-13-15-18-26-32-38-44-50-56-63(70)73-59-53-47-41-35-29-23-17-20-28-34-40-46-52-58-65(72)75-66(74-64(71)57-51-45-39-33-27-19-16-14-12-10-8-6-4-2)60-61(67)54-48-42-36-30-24-21-22-25-31-37-43-49-55-62(68)69/h61,66-67H,3-60H2,1-2H3,(H,68,69). The fraction of sp³-hybridized carbons (Fsp3) is 0.939. The second-order valence-corrected chi connectivity index (χ2v) is 23.0. The van der Waals surface area contributed by atoms with Crippen molar-refractivity contribution < 1.29 is 43.6 Å². The van der Waals surface area contributed by atoms with Gasteiger partial charge in [0.05, 0.1) is 12.7 Å². The third-order valence-corrected chi connectivity index (χ3v) is 15.4. The second kappa shape index (κ2) is 61.1. The van der Waals surface area contributed by atoms with Crippen LogP contribution < -0.4 is 0 Å². The average Bonchev–Trinajstić information content (AvgIpc) is 3.38. The fourth-order valence-corrected chi connectivity index (χ4v) is 10.4. The van der Waals surface area contributed by atoms with Gasteiger partial charge in [-0.2, -0.15) is 0 Å². The van der Waals surface area contributed by atoms with Crippen LogP contribution in [0.3, 0.4) is 0 Å². The van der Waals surface area contributed by atoms with E-state index in [4.69, 9.17) is 19.3 Å². The van der Waals surface area contributed by atoms with Crippen LogP contribution in [0.15, 0.2) is 0 Å². The third kappa shape index (κ3) is 60.9. The molecule has 444 valence electrons. The fourth-order valence-electron chi connectivity index (χ4n) is 10.4. The predicted molar refractivity (Wildman–Crippen MR) is 315 cm³/mol. The Morgan fingerprint density at radius 1 is 0.307 bits per heavy atom. The van der Waals surface area contributed by atoms with E-state index in [1.54, 1.807) is 0 Å². The van der Waals surface area contributed by atoms with Gasteiger partial charge in [0, 0.05) is 32.1 Å². The molecule has 0 amide bonds. The molecule has 0 aliphatic carbocycles. The Kier molecular flexibility index (Phi) is 59.3. The second-order valence-electron chi connectivity index (χ2n) is 23.0. The Labute approximate surface area is 464 Å². The van der Waals surface area contributed by atoms with Crippen LogP contribution in [0.4, 0.5) is 0 Å². The summed E-state index contributed by atoms with van der Waals surface area (Å²) >= 11 is 0. The molecule has 0 fully saturated rings. The van der Waals surface area contributed by atoms with E-state index >= 15 is 0 Å². The van der Waals surface area contributed by atoms with Crippen molar-refractivity contribution in [2.45, 2.75) is 392 Å². The molecule has 0 aliphatic rings. The zero-order valence-corrected chi connectivity index (χ0v) is 49.9. The maximum Gasteiger partial charge on any atom is 0.308 e. The highest BCUT2D eigenvalue weighted by Crippen LogP contribution is 2.20. The van der Waals surface area contributed by atoms with E-state index in [1.807, 2.05) is 0 Å². The van der Waals surface area contributed by atoms with E-state index in [9.17, 15) is 24.3 Å². The summed E-state index contributed by atoms with van der Waals surface area (Å²) in [5.74, 6) is -1.40. The van der Waals surface area contributed by atoms with Crippen LogP contribution in [-0.4, -0.2) is 53.1 Å². The van der Waals surface area contributed by atoms with Crippen molar-refractivity contribution in [2.75, 3.05) is 6.61 Å². The molecule has 2 N–H and O–H groups in total. The van der Waals surface area contributed by atoms with Crippen molar-refractivity contribution in [3.8, 4) is 0 Å². The van der Waals surface area contributed by atoms with Crippen molar-refractivity contribution in [3.05, 3.63) is 0 Å². The lowest BCUT2D eigenvalue weighted by atomic mass is 10.0. The highest BCUT2D eigenvalue weighted by Gasteiger charge is 2.23. The molecule has 9 heteroatoms. The number of ether oxygens (including phenoxy) is 3. The number of unbranched alkanes of at least 4 members (excludes halogenated alkanes) is 47. The summed E-state index contributed by atoms with van der Waals surface area (Å²) in [5.41, 5.74) is 0. The van der Waals surface area contributed by atoms with Gasteiger partial charge in [0.1, 0.15) is 0 Å². The number of aliphatic hydroxyl groups is 1. The first kappa shape index (κ1) is 72.8. The monoisotopic (exact) mass is 1060 g/mol. The van der Waals surface area contributed by atoms with Gasteiger partial charge < -0.3 is 24.4 Å². The molecular weight excluding hydrogens is 937 g/mol. The van der Waals surface area contributed by atoms with Gasteiger partial charge in [0.2, 0.25) is 6.29 Å². The van der Waals surface area contributed by atoms with Gasteiger partial charge in [-0.3, -0.25) is 19.2 Å². The molecule has 0 aromatic carbocycles. The van der Waals surface area contributed by atoms with Crippen molar-refractivity contribution >= 4 is 23.9 Å². The summed E-state index contributed by atoms with van der Waals surface area (Å²) in [6.45, 7) is 5.11. The zero-order valence-electron chi connectivity index (χ0n) is 49.9. The SMILES string of the molecule is CCCCCCCCCCCCCCCC(=O)OCCCCCCCCCCCCCCCC(=O)OC(CC(O)CCCCCCCCCCCCCCC(=O)O)OC(=O)CCCCCCCCCCCCCCC. The molecule has 0 saturated heterocycles. The van der Waals surface area contributed by atoms with Gasteiger partial charge in [-0.1, -0.05) is 309 Å². The zero-order chi connectivity index (χ0) is 54.6. The molecule has 0 radical (unpaired) electrons. The lowest BCUT2D eigenvalue weighted by Crippen LogP contribution is -2.29. The molecule has 9 nitrogen and oxygen atoms in total. The highest BCUT2D eigenvalue weighted by atomic mass is 16.7. The summed E-state index contributed by atoms with van der Waals surface area (Å²) in [5, 5.41) is 19.7. The van der Waals surface area contributed by atoms with Gasteiger partial charge in [0.25, 0.3) is 0 Å². The minimum absolute atomic E-state index is 0.0149. The molecule has 0 rings (SSSR count). The quantitative estimate of drug-likeness (QED) is 0.0347. The van der Waals surface area contributed by atoms with Crippen LogP contribution >= 0.6 is 0 Å². The molecule has 0 aromatic heterocycles. The number of carboxylic acid groups (broad SMARTS) is 1. The maximum atomic E-state index is 12.9. The van der Waals surface area contributed by atoms with Gasteiger partial charge in [0.15, 0.2) is 0 Å². The first-order valence-electron chi connectivity index (χ1n) is 33.2. The number of hydrogen-bond acceptors (Lipinski definition) is 8. The van der Waals surface area contributed by atoms with E-state index < -0.39 is 18.4 Å². The number of aliphatic hydroxyl groups excluding tert-OH is 1. The smallest absolute Gasteiger partial charge is 0.308 e. The minimum Gasteiger partial charge on any atom is -0.481 e. The summed E-state index contributed by atoms with van der Waals surface area (Å²) in [4.78, 5) is 48.6. The van der Waals surface area contributed by atoms with Gasteiger partial charge in [-0.05, 0) is 38.5 Å². The number of aliphatic carboxylic acids is 1. The number of esters is 3. The van der Waals surface area contributed by atoms with Crippen LogP contribution in [0, 0.1) is 0 Å². The summed E-state index contributed by atoms with van der Waals surface area (Å²) in [6, 6.07) is 0. The van der Waals surface area contributed by atoms with E-state index in [0.717, 1.165) is 103 Å². The molecule has 2 atom stereocenters. The Morgan fingerprint density at radius 2 is 0.547 bits per heavy atom. The summed E-state index contributed by atoms with van der Waals surface area (Å²) in [7, 11) is 0. The predicted octanol–water partition coefficient (Wildman–Crippen LogP) is 20.7.